The van der Waals surface area contributed by atoms with Crippen LogP contribution in [0, 0.1) is 6.92 Å². The Morgan fingerprint density at radius 2 is 2.25 bits per heavy atom. The third-order valence-corrected chi connectivity index (χ3v) is 5.95. The second-order valence-electron chi connectivity index (χ2n) is 7.14. The summed E-state index contributed by atoms with van der Waals surface area (Å²) in [6.45, 7) is 3.73. The summed E-state index contributed by atoms with van der Waals surface area (Å²) < 4.78 is 7.13. The van der Waals surface area contributed by atoms with Crippen molar-refractivity contribution in [1.29, 1.82) is 0 Å². The van der Waals surface area contributed by atoms with Gasteiger partial charge in [-0.2, -0.15) is 0 Å². The maximum Gasteiger partial charge on any atom is 0.261 e. The Bertz CT molecular complexity index is 1020. The van der Waals surface area contributed by atoms with Crippen LogP contribution in [0.4, 0.5) is 0 Å². The highest BCUT2D eigenvalue weighted by atomic mass is 32.1. The van der Waals surface area contributed by atoms with Crippen molar-refractivity contribution >= 4 is 28.1 Å². The summed E-state index contributed by atoms with van der Waals surface area (Å²) in [5.41, 5.74) is 1.45. The highest BCUT2D eigenvalue weighted by Crippen LogP contribution is 2.18. The summed E-state index contributed by atoms with van der Waals surface area (Å²) in [6, 6.07) is 9.53. The van der Waals surface area contributed by atoms with Crippen molar-refractivity contribution in [2.75, 3.05) is 13.2 Å². The Kier molecular flexibility index (Phi) is 5.54. The second kappa shape index (κ2) is 8.24. The molecule has 28 heavy (non-hydrogen) atoms. The molecule has 0 bridgehead atoms. The molecule has 0 spiro atoms. The van der Waals surface area contributed by atoms with Gasteiger partial charge in [-0.15, -0.1) is 11.3 Å². The molecule has 0 N–H and O–H groups in total. The minimum absolute atomic E-state index is 0.0200. The number of ether oxygens (including phenoxy) is 1. The van der Waals surface area contributed by atoms with Crippen molar-refractivity contribution in [2.45, 2.75) is 39.0 Å². The molecule has 0 radical (unpaired) electrons. The van der Waals surface area contributed by atoms with Gasteiger partial charge in [-0.25, -0.2) is 4.98 Å². The molecule has 7 heteroatoms. The molecule has 1 aliphatic heterocycles. The summed E-state index contributed by atoms with van der Waals surface area (Å²) in [4.78, 5) is 33.2. The zero-order chi connectivity index (χ0) is 19.5. The molecular weight excluding hydrogens is 374 g/mol. The van der Waals surface area contributed by atoms with Crippen LogP contribution < -0.4 is 5.56 Å². The van der Waals surface area contributed by atoms with E-state index in [4.69, 9.17) is 4.74 Å². The summed E-state index contributed by atoms with van der Waals surface area (Å²) in [6.07, 6.45) is 3.53. The molecule has 3 aromatic rings. The zero-order valence-electron chi connectivity index (χ0n) is 15.8. The summed E-state index contributed by atoms with van der Waals surface area (Å²) in [7, 11) is 0. The monoisotopic (exact) mass is 397 g/mol. The van der Waals surface area contributed by atoms with E-state index in [0.717, 1.165) is 29.9 Å². The van der Waals surface area contributed by atoms with E-state index in [1.54, 1.807) is 22.3 Å². The molecule has 2 aromatic heterocycles. The third-order valence-electron chi connectivity index (χ3n) is 5.09. The van der Waals surface area contributed by atoms with Crippen LogP contribution in [0.3, 0.4) is 0 Å². The molecule has 1 amide bonds. The van der Waals surface area contributed by atoms with Gasteiger partial charge < -0.3 is 9.64 Å². The Labute approximate surface area is 167 Å². The lowest BCUT2D eigenvalue weighted by molar-refractivity contribution is -0.134. The Balaban J connectivity index is 1.57. The predicted octanol–water partition coefficient (Wildman–Crippen LogP) is 2.97. The van der Waals surface area contributed by atoms with Crippen molar-refractivity contribution in [1.82, 2.24) is 14.5 Å². The Hall–Kier alpha value is -2.51. The minimum atomic E-state index is -0.185. The number of thiophene rings is 1. The molecule has 1 aromatic carbocycles. The van der Waals surface area contributed by atoms with Crippen molar-refractivity contribution in [3.63, 3.8) is 0 Å². The number of aromatic nitrogens is 2. The van der Waals surface area contributed by atoms with Gasteiger partial charge in [0, 0.05) is 18.0 Å². The van der Waals surface area contributed by atoms with E-state index in [1.807, 2.05) is 36.6 Å². The lowest BCUT2D eigenvalue weighted by Gasteiger charge is -2.25. The van der Waals surface area contributed by atoms with E-state index in [1.165, 1.54) is 10.9 Å². The number of benzene rings is 1. The fourth-order valence-corrected chi connectivity index (χ4v) is 4.29. The number of rotatable bonds is 6. The highest BCUT2D eigenvalue weighted by Gasteiger charge is 2.23. The van der Waals surface area contributed by atoms with Crippen LogP contribution in [0.5, 0.6) is 0 Å². The number of para-hydroxylation sites is 1. The van der Waals surface area contributed by atoms with Crippen molar-refractivity contribution in [2.24, 2.45) is 0 Å². The Morgan fingerprint density at radius 3 is 3.00 bits per heavy atom. The zero-order valence-corrected chi connectivity index (χ0v) is 16.7. The smallest absolute Gasteiger partial charge is 0.261 e. The van der Waals surface area contributed by atoms with Gasteiger partial charge in [0.2, 0.25) is 5.91 Å². The lowest BCUT2D eigenvalue weighted by Crippen LogP contribution is -2.40. The minimum Gasteiger partial charge on any atom is -0.376 e. The van der Waals surface area contributed by atoms with Gasteiger partial charge in [-0.05, 0) is 42.8 Å². The van der Waals surface area contributed by atoms with Crippen LogP contribution in [-0.2, 0) is 22.6 Å². The van der Waals surface area contributed by atoms with Gasteiger partial charge in [-0.3, -0.25) is 14.2 Å². The topological polar surface area (TPSA) is 64.4 Å². The number of aryl methyl sites for hydroxylation is 1. The molecule has 0 saturated carbocycles. The van der Waals surface area contributed by atoms with Crippen molar-refractivity contribution < 1.29 is 9.53 Å². The van der Waals surface area contributed by atoms with Crippen LogP contribution >= 0.6 is 11.3 Å². The lowest BCUT2D eigenvalue weighted by atomic mass is 10.1. The molecule has 0 aliphatic carbocycles. The first-order valence-electron chi connectivity index (χ1n) is 9.48. The SMILES string of the molecule is Cc1cccc2c(=O)n(CC(=O)N(Cc3cccs3)CC3CCCO3)cnc12. The van der Waals surface area contributed by atoms with E-state index in [-0.39, 0.29) is 24.1 Å². The van der Waals surface area contributed by atoms with Gasteiger partial charge in [-0.1, -0.05) is 18.2 Å². The molecule has 1 aliphatic rings. The van der Waals surface area contributed by atoms with E-state index in [0.29, 0.717) is 24.0 Å². The summed E-state index contributed by atoms with van der Waals surface area (Å²) in [5, 5.41) is 2.55. The standard InChI is InChI=1S/C21H23N3O3S/c1-15-5-2-8-18-20(15)22-14-24(21(18)26)13-19(25)23(11-16-6-3-9-27-16)12-17-7-4-10-28-17/h2,4-5,7-8,10,14,16H,3,6,9,11-13H2,1H3. The predicted molar refractivity (Wildman–Crippen MR) is 109 cm³/mol. The number of fused-ring (bicyclic) bond motifs is 1. The van der Waals surface area contributed by atoms with Crippen LogP contribution in [0.1, 0.15) is 23.3 Å². The van der Waals surface area contributed by atoms with Crippen LogP contribution in [0.25, 0.3) is 10.9 Å². The summed E-state index contributed by atoms with van der Waals surface area (Å²) in [5.74, 6) is -0.0974. The molecule has 3 heterocycles. The first-order valence-corrected chi connectivity index (χ1v) is 10.4. The number of nitrogens with zero attached hydrogens (tertiary/aromatic N) is 3. The van der Waals surface area contributed by atoms with Gasteiger partial charge in [0.15, 0.2) is 0 Å². The number of amides is 1. The maximum absolute atomic E-state index is 13.1. The van der Waals surface area contributed by atoms with Crippen LogP contribution in [-0.4, -0.2) is 39.6 Å². The summed E-state index contributed by atoms with van der Waals surface area (Å²) >= 11 is 1.62. The first kappa shape index (κ1) is 18.8. The van der Waals surface area contributed by atoms with Gasteiger partial charge in [0.1, 0.15) is 6.54 Å². The van der Waals surface area contributed by atoms with Crippen LogP contribution in [0.15, 0.2) is 46.8 Å². The highest BCUT2D eigenvalue weighted by molar-refractivity contribution is 7.09. The van der Waals surface area contributed by atoms with E-state index < -0.39 is 0 Å². The van der Waals surface area contributed by atoms with Crippen LogP contribution in [0.2, 0.25) is 0 Å². The van der Waals surface area contributed by atoms with E-state index in [9.17, 15) is 9.59 Å². The average molecular weight is 398 g/mol. The molecule has 1 unspecified atom stereocenters. The average Bonchev–Trinajstić information content (AvgIpc) is 3.38. The molecule has 1 atom stereocenters. The van der Waals surface area contributed by atoms with Crippen molar-refractivity contribution in [3.8, 4) is 0 Å². The molecule has 146 valence electrons. The maximum atomic E-state index is 13.1. The van der Waals surface area contributed by atoms with E-state index >= 15 is 0 Å². The van der Waals surface area contributed by atoms with Gasteiger partial charge >= 0.3 is 0 Å². The number of hydrogen-bond donors (Lipinski definition) is 0. The normalized spacial score (nSPS) is 16.5. The fraction of sp³-hybridized carbons (Fsp3) is 0.381. The molecule has 6 nitrogen and oxygen atoms in total. The van der Waals surface area contributed by atoms with Gasteiger partial charge in [0.05, 0.1) is 29.9 Å². The second-order valence-corrected chi connectivity index (χ2v) is 8.17. The molecule has 4 rings (SSSR count). The quantitative estimate of drug-likeness (QED) is 0.641. The fourth-order valence-electron chi connectivity index (χ4n) is 3.58. The molecule has 1 saturated heterocycles. The number of carbonyl (C=O) groups excluding carboxylic acids is 1. The van der Waals surface area contributed by atoms with Gasteiger partial charge in [0.25, 0.3) is 5.56 Å². The van der Waals surface area contributed by atoms with Crippen molar-refractivity contribution in [3.05, 3.63) is 62.8 Å². The largest absolute Gasteiger partial charge is 0.376 e. The first-order chi connectivity index (χ1) is 13.6. The third kappa shape index (κ3) is 4.00. The number of hydrogen-bond acceptors (Lipinski definition) is 5. The Morgan fingerprint density at radius 1 is 1.36 bits per heavy atom. The molecule has 1 fully saturated rings. The van der Waals surface area contributed by atoms with E-state index in [2.05, 4.69) is 4.98 Å². The molecular formula is C21H23N3O3S. The number of carbonyl (C=O) groups is 1.